The molecular weight excluding hydrogens is 234 g/mol. The summed E-state index contributed by atoms with van der Waals surface area (Å²) in [6, 6.07) is 0. The minimum absolute atomic E-state index is 0.544. The summed E-state index contributed by atoms with van der Waals surface area (Å²) < 4.78 is 1.76. The Morgan fingerprint density at radius 1 is 1.47 bits per heavy atom. The van der Waals surface area contributed by atoms with Crippen LogP contribution in [-0.2, 0) is 6.54 Å². The number of nitrogens with one attached hydrogen (secondary N) is 1. The van der Waals surface area contributed by atoms with E-state index in [0.29, 0.717) is 5.41 Å². The molecule has 0 spiro atoms. The number of hydrogen-bond donors (Lipinski definition) is 1. The van der Waals surface area contributed by atoms with Crippen molar-refractivity contribution < 1.29 is 0 Å². The SMILES string of the molecule is C=Cn1cc(CNCC2(CC(C)C)CCCC2)cn1. The van der Waals surface area contributed by atoms with Crippen molar-refractivity contribution in [1.82, 2.24) is 15.1 Å². The predicted octanol–water partition coefficient (Wildman–Crippen LogP) is 3.68. The molecule has 0 unspecified atom stereocenters. The van der Waals surface area contributed by atoms with Crippen LogP contribution in [0, 0.1) is 11.3 Å². The summed E-state index contributed by atoms with van der Waals surface area (Å²) in [5.41, 5.74) is 1.78. The summed E-state index contributed by atoms with van der Waals surface area (Å²) in [4.78, 5) is 0. The topological polar surface area (TPSA) is 29.9 Å². The molecule has 0 aliphatic heterocycles. The summed E-state index contributed by atoms with van der Waals surface area (Å²) in [5.74, 6) is 0.795. The van der Waals surface area contributed by atoms with E-state index < -0.39 is 0 Å². The lowest BCUT2D eigenvalue weighted by atomic mass is 9.78. The first-order valence-electron chi connectivity index (χ1n) is 7.50. The van der Waals surface area contributed by atoms with E-state index in [1.807, 2.05) is 12.4 Å². The molecule has 3 nitrogen and oxygen atoms in total. The number of hydrogen-bond acceptors (Lipinski definition) is 2. The molecule has 1 heterocycles. The normalized spacial score (nSPS) is 18.1. The Labute approximate surface area is 117 Å². The lowest BCUT2D eigenvalue weighted by Crippen LogP contribution is -2.33. The minimum atomic E-state index is 0.544. The molecule has 19 heavy (non-hydrogen) atoms. The molecule has 0 saturated heterocycles. The lowest BCUT2D eigenvalue weighted by molar-refractivity contribution is 0.223. The molecule has 1 aliphatic carbocycles. The van der Waals surface area contributed by atoms with Gasteiger partial charge in [-0.15, -0.1) is 0 Å². The molecule has 0 atom stereocenters. The summed E-state index contributed by atoms with van der Waals surface area (Å²) in [7, 11) is 0. The molecule has 1 aromatic rings. The molecule has 3 heteroatoms. The highest BCUT2D eigenvalue weighted by molar-refractivity contribution is 5.17. The second-order valence-corrected chi connectivity index (χ2v) is 6.42. The monoisotopic (exact) mass is 261 g/mol. The van der Waals surface area contributed by atoms with Crippen molar-refractivity contribution in [2.45, 2.75) is 52.5 Å². The molecule has 1 aliphatic rings. The zero-order valence-corrected chi connectivity index (χ0v) is 12.4. The van der Waals surface area contributed by atoms with Crippen molar-refractivity contribution in [2.24, 2.45) is 11.3 Å². The maximum Gasteiger partial charge on any atom is 0.0538 e. The van der Waals surface area contributed by atoms with Crippen molar-refractivity contribution >= 4 is 6.20 Å². The maximum atomic E-state index is 4.21. The Kier molecular flexibility index (Phi) is 4.81. The van der Waals surface area contributed by atoms with Gasteiger partial charge in [0.15, 0.2) is 0 Å². The summed E-state index contributed by atoms with van der Waals surface area (Å²) >= 11 is 0. The van der Waals surface area contributed by atoms with Gasteiger partial charge in [0.25, 0.3) is 0 Å². The van der Waals surface area contributed by atoms with Crippen molar-refractivity contribution in [1.29, 1.82) is 0 Å². The van der Waals surface area contributed by atoms with Gasteiger partial charge in [0.2, 0.25) is 0 Å². The quantitative estimate of drug-likeness (QED) is 0.811. The Hall–Kier alpha value is -1.09. The molecule has 0 aromatic carbocycles. The van der Waals surface area contributed by atoms with Gasteiger partial charge in [-0.1, -0.05) is 33.3 Å². The molecular formula is C16H27N3. The Morgan fingerprint density at radius 3 is 2.79 bits per heavy atom. The van der Waals surface area contributed by atoms with Crippen LogP contribution >= 0.6 is 0 Å². The third-order valence-electron chi connectivity index (χ3n) is 4.18. The molecule has 0 amide bonds. The minimum Gasteiger partial charge on any atom is -0.312 e. The number of nitrogens with zero attached hydrogens (tertiary/aromatic N) is 2. The third-order valence-corrected chi connectivity index (χ3v) is 4.18. The molecule has 1 fully saturated rings. The van der Waals surface area contributed by atoms with E-state index in [-0.39, 0.29) is 0 Å². The van der Waals surface area contributed by atoms with Gasteiger partial charge in [0, 0.05) is 31.0 Å². The van der Waals surface area contributed by atoms with Gasteiger partial charge >= 0.3 is 0 Å². The van der Waals surface area contributed by atoms with E-state index >= 15 is 0 Å². The first kappa shape index (κ1) is 14.3. The summed E-state index contributed by atoms with van der Waals surface area (Å²) in [6.07, 6.45) is 12.6. The van der Waals surface area contributed by atoms with E-state index in [4.69, 9.17) is 0 Å². The Bertz CT molecular complexity index is 400. The fourth-order valence-electron chi connectivity index (χ4n) is 3.48. The summed E-state index contributed by atoms with van der Waals surface area (Å²) in [5, 5.41) is 7.85. The Balaban J connectivity index is 1.83. The molecule has 0 radical (unpaired) electrons. The molecule has 2 rings (SSSR count). The van der Waals surface area contributed by atoms with Crippen molar-refractivity contribution in [3.05, 3.63) is 24.5 Å². The second-order valence-electron chi connectivity index (χ2n) is 6.42. The van der Waals surface area contributed by atoms with Crippen LogP contribution in [0.3, 0.4) is 0 Å². The predicted molar refractivity (Wildman–Crippen MR) is 80.7 cm³/mol. The largest absolute Gasteiger partial charge is 0.312 e. The van der Waals surface area contributed by atoms with E-state index in [0.717, 1.165) is 19.0 Å². The zero-order valence-electron chi connectivity index (χ0n) is 12.4. The van der Waals surface area contributed by atoms with Crippen molar-refractivity contribution in [2.75, 3.05) is 6.54 Å². The first-order chi connectivity index (χ1) is 9.13. The van der Waals surface area contributed by atoms with E-state index in [9.17, 15) is 0 Å². The zero-order chi connectivity index (χ0) is 13.7. The van der Waals surface area contributed by atoms with Crippen LogP contribution < -0.4 is 5.32 Å². The van der Waals surface area contributed by atoms with Crippen molar-refractivity contribution in [3.8, 4) is 0 Å². The number of aromatic nitrogens is 2. The second kappa shape index (κ2) is 6.38. The lowest BCUT2D eigenvalue weighted by Gasteiger charge is -2.31. The van der Waals surface area contributed by atoms with Crippen LogP contribution in [0.4, 0.5) is 0 Å². The van der Waals surface area contributed by atoms with Crippen LogP contribution in [0.15, 0.2) is 19.0 Å². The van der Waals surface area contributed by atoms with Gasteiger partial charge in [0.1, 0.15) is 0 Å². The van der Waals surface area contributed by atoms with Crippen LogP contribution in [0.25, 0.3) is 6.20 Å². The van der Waals surface area contributed by atoms with Gasteiger partial charge < -0.3 is 5.32 Å². The number of rotatable bonds is 7. The van der Waals surface area contributed by atoms with Crippen LogP contribution in [-0.4, -0.2) is 16.3 Å². The van der Waals surface area contributed by atoms with Gasteiger partial charge in [0.05, 0.1) is 6.20 Å². The van der Waals surface area contributed by atoms with Gasteiger partial charge in [-0.05, 0) is 30.6 Å². The van der Waals surface area contributed by atoms with Gasteiger partial charge in [-0.25, -0.2) is 4.68 Å². The standard InChI is InChI=1S/C16H27N3/c1-4-19-12-15(11-18-19)10-17-13-16(9-14(2)3)7-5-6-8-16/h4,11-12,14,17H,1,5-10,13H2,2-3H3. The fourth-order valence-corrected chi connectivity index (χ4v) is 3.48. The smallest absolute Gasteiger partial charge is 0.0538 e. The fraction of sp³-hybridized carbons (Fsp3) is 0.688. The van der Waals surface area contributed by atoms with Gasteiger partial charge in [-0.3, -0.25) is 0 Å². The van der Waals surface area contributed by atoms with Crippen molar-refractivity contribution in [3.63, 3.8) is 0 Å². The Morgan fingerprint density at radius 2 is 2.21 bits per heavy atom. The van der Waals surface area contributed by atoms with Gasteiger partial charge in [-0.2, -0.15) is 5.10 Å². The van der Waals surface area contributed by atoms with Crippen LogP contribution in [0.1, 0.15) is 51.5 Å². The van der Waals surface area contributed by atoms with Crippen LogP contribution in [0.5, 0.6) is 0 Å². The molecule has 1 N–H and O–H groups in total. The van der Waals surface area contributed by atoms with E-state index in [2.05, 4.69) is 30.8 Å². The van der Waals surface area contributed by atoms with E-state index in [1.165, 1.54) is 37.7 Å². The average molecular weight is 261 g/mol. The highest BCUT2D eigenvalue weighted by Crippen LogP contribution is 2.42. The molecule has 1 saturated carbocycles. The van der Waals surface area contributed by atoms with Crippen LogP contribution in [0.2, 0.25) is 0 Å². The molecule has 106 valence electrons. The third kappa shape index (κ3) is 3.93. The highest BCUT2D eigenvalue weighted by atomic mass is 15.2. The van der Waals surface area contributed by atoms with E-state index in [1.54, 1.807) is 10.9 Å². The average Bonchev–Trinajstić information content (AvgIpc) is 2.98. The highest BCUT2D eigenvalue weighted by Gasteiger charge is 2.33. The first-order valence-corrected chi connectivity index (χ1v) is 7.50. The summed E-state index contributed by atoms with van der Waals surface area (Å²) in [6.45, 7) is 10.4. The molecule has 0 bridgehead atoms. The molecule has 1 aromatic heterocycles. The maximum absolute atomic E-state index is 4.21.